The van der Waals surface area contributed by atoms with E-state index in [1.165, 1.54) is 6.07 Å². The van der Waals surface area contributed by atoms with E-state index in [0.717, 1.165) is 19.3 Å². The van der Waals surface area contributed by atoms with Gasteiger partial charge in [-0.05, 0) is 44.9 Å². The van der Waals surface area contributed by atoms with Crippen LogP contribution in [0.3, 0.4) is 0 Å². The Morgan fingerprint density at radius 3 is 2.53 bits per heavy atom. The average molecular weight is 496 g/mol. The molecular weight excluding hydrogens is 458 g/mol. The highest BCUT2D eigenvalue weighted by atomic mass is 32.2. The summed E-state index contributed by atoms with van der Waals surface area (Å²) in [6.45, 7) is 6.58. The van der Waals surface area contributed by atoms with Gasteiger partial charge < -0.3 is 19.3 Å². The van der Waals surface area contributed by atoms with Crippen LogP contribution in [-0.4, -0.2) is 81.8 Å². The monoisotopic (exact) mass is 495 g/mol. The molecule has 3 atom stereocenters. The lowest BCUT2D eigenvalue weighted by Crippen LogP contribution is -2.51. The van der Waals surface area contributed by atoms with Crippen molar-refractivity contribution in [1.29, 1.82) is 0 Å². The van der Waals surface area contributed by atoms with Crippen LogP contribution >= 0.6 is 0 Å². The normalized spacial score (nSPS) is 24.9. The summed E-state index contributed by atoms with van der Waals surface area (Å²) in [4.78, 5) is 30.0. The number of carbonyl (C=O) groups is 2. The molecule has 1 heterocycles. The summed E-state index contributed by atoms with van der Waals surface area (Å²) in [6, 6.07) is 4.47. The van der Waals surface area contributed by atoms with E-state index in [4.69, 9.17) is 9.47 Å². The number of sulfonamides is 1. The van der Waals surface area contributed by atoms with Gasteiger partial charge in [0.1, 0.15) is 12.4 Å². The minimum absolute atomic E-state index is 0.00618. The molecule has 3 rings (SSSR count). The summed E-state index contributed by atoms with van der Waals surface area (Å²) in [5, 5.41) is 0. The Morgan fingerprint density at radius 1 is 1.24 bits per heavy atom. The highest BCUT2D eigenvalue weighted by Gasteiger charge is 2.35. The predicted octanol–water partition coefficient (Wildman–Crippen LogP) is 2.58. The number of methoxy groups -OCH3 is 1. The number of hydrogen-bond donors (Lipinski definition) is 1. The Labute approximate surface area is 202 Å². The molecule has 1 saturated carbocycles. The SMILES string of the molecule is CCS(=O)(=O)Nc1ccc2c(c1)C(=O)N(C)C[C@@H](OC)[C@H](C)CN(C(=O)C1CCC1)[C@@H](C)CO2. The van der Waals surface area contributed by atoms with Crippen LogP contribution in [0.4, 0.5) is 5.69 Å². The van der Waals surface area contributed by atoms with Gasteiger partial charge in [-0.3, -0.25) is 14.3 Å². The molecule has 2 aliphatic rings. The fraction of sp³-hybridized carbons (Fsp3) is 0.667. The molecule has 0 radical (unpaired) electrons. The van der Waals surface area contributed by atoms with Crippen molar-refractivity contribution in [2.45, 2.75) is 52.2 Å². The molecule has 1 aliphatic carbocycles. The quantitative estimate of drug-likeness (QED) is 0.673. The number of hydrogen-bond acceptors (Lipinski definition) is 6. The molecule has 1 fully saturated rings. The van der Waals surface area contributed by atoms with E-state index in [9.17, 15) is 18.0 Å². The first-order valence-corrected chi connectivity index (χ1v) is 13.6. The van der Waals surface area contributed by atoms with E-state index in [1.807, 2.05) is 18.7 Å². The van der Waals surface area contributed by atoms with E-state index < -0.39 is 10.0 Å². The summed E-state index contributed by atoms with van der Waals surface area (Å²) < 4.78 is 38.4. The number of anilines is 1. The Kier molecular flexibility index (Phi) is 8.46. The number of fused-ring (bicyclic) bond motifs is 1. The molecule has 2 amide bonds. The fourth-order valence-electron chi connectivity index (χ4n) is 4.29. The second-order valence-corrected chi connectivity index (χ2v) is 11.4. The maximum absolute atomic E-state index is 13.3. The molecule has 190 valence electrons. The Morgan fingerprint density at radius 2 is 1.94 bits per heavy atom. The van der Waals surface area contributed by atoms with Gasteiger partial charge in [-0.25, -0.2) is 8.42 Å². The zero-order chi connectivity index (χ0) is 25.0. The third-order valence-corrected chi connectivity index (χ3v) is 8.14. The first-order valence-electron chi connectivity index (χ1n) is 11.9. The first kappa shape index (κ1) is 26.3. The Balaban J connectivity index is 1.96. The van der Waals surface area contributed by atoms with Crippen molar-refractivity contribution in [3.63, 3.8) is 0 Å². The molecule has 0 aromatic heterocycles. The van der Waals surface area contributed by atoms with Crippen LogP contribution in [0.1, 0.15) is 50.4 Å². The van der Waals surface area contributed by atoms with Gasteiger partial charge in [-0.1, -0.05) is 13.3 Å². The van der Waals surface area contributed by atoms with Gasteiger partial charge in [0.05, 0.1) is 23.5 Å². The standard InChI is InChI=1S/C24H37N3O6S/c1-6-34(30,31)25-19-10-11-21-20(12-19)24(29)26(4)14-22(32-5)16(2)13-27(17(3)15-33-21)23(28)18-8-7-9-18/h10-12,16-18,22,25H,6-9,13-15H2,1-5H3/t16-,17+,22-/m1/s1. The summed E-state index contributed by atoms with van der Waals surface area (Å²) >= 11 is 0. The van der Waals surface area contributed by atoms with Crippen molar-refractivity contribution < 1.29 is 27.5 Å². The van der Waals surface area contributed by atoms with Crippen molar-refractivity contribution >= 4 is 27.5 Å². The number of nitrogens with zero attached hydrogens (tertiary/aromatic N) is 2. The second-order valence-electron chi connectivity index (χ2n) is 9.43. The molecule has 10 heteroatoms. The molecule has 0 saturated heterocycles. The zero-order valence-corrected chi connectivity index (χ0v) is 21.6. The van der Waals surface area contributed by atoms with Gasteiger partial charge in [-0.15, -0.1) is 0 Å². The average Bonchev–Trinajstić information content (AvgIpc) is 2.76. The smallest absolute Gasteiger partial charge is 0.257 e. The number of rotatable bonds is 5. The molecule has 0 unspecified atom stereocenters. The third kappa shape index (κ3) is 6.02. The molecule has 1 aromatic rings. The molecule has 9 nitrogen and oxygen atoms in total. The molecular formula is C24H37N3O6S. The van der Waals surface area contributed by atoms with E-state index in [2.05, 4.69) is 4.72 Å². The van der Waals surface area contributed by atoms with Gasteiger partial charge in [0.2, 0.25) is 15.9 Å². The van der Waals surface area contributed by atoms with Crippen molar-refractivity contribution in [3.8, 4) is 5.75 Å². The van der Waals surface area contributed by atoms with Crippen LogP contribution in [0.2, 0.25) is 0 Å². The number of ether oxygens (including phenoxy) is 2. The lowest BCUT2D eigenvalue weighted by atomic mass is 9.83. The lowest BCUT2D eigenvalue weighted by Gasteiger charge is -2.39. The number of nitrogens with one attached hydrogen (secondary N) is 1. The maximum Gasteiger partial charge on any atom is 0.257 e. The zero-order valence-electron chi connectivity index (χ0n) is 20.7. The number of carbonyl (C=O) groups excluding carboxylic acids is 2. The van der Waals surface area contributed by atoms with Crippen LogP contribution < -0.4 is 9.46 Å². The maximum atomic E-state index is 13.3. The second kappa shape index (κ2) is 10.9. The molecule has 0 bridgehead atoms. The molecule has 1 N–H and O–H groups in total. The van der Waals surface area contributed by atoms with Gasteiger partial charge in [0.25, 0.3) is 5.91 Å². The highest BCUT2D eigenvalue weighted by molar-refractivity contribution is 7.92. The van der Waals surface area contributed by atoms with Crippen LogP contribution in [0.25, 0.3) is 0 Å². The molecule has 1 aromatic carbocycles. The van der Waals surface area contributed by atoms with Crippen molar-refractivity contribution in [2.75, 3.05) is 44.3 Å². The van der Waals surface area contributed by atoms with Crippen molar-refractivity contribution in [2.24, 2.45) is 11.8 Å². The van der Waals surface area contributed by atoms with Gasteiger partial charge in [-0.2, -0.15) is 0 Å². The van der Waals surface area contributed by atoms with E-state index >= 15 is 0 Å². The van der Waals surface area contributed by atoms with Crippen LogP contribution in [0, 0.1) is 11.8 Å². The van der Waals surface area contributed by atoms with Crippen molar-refractivity contribution in [3.05, 3.63) is 23.8 Å². The van der Waals surface area contributed by atoms with Crippen LogP contribution in [-0.2, 0) is 19.6 Å². The van der Waals surface area contributed by atoms with Gasteiger partial charge >= 0.3 is 0 Å². The molecule has 0 spiro atoms. The van der Waals surface area contributed by atoms with Crippen molar-refractivity contribution in [1.82, 2.24) is 9.80 Å². The number of benzene rings is 1. The first-order chi connectivity index (χ1) is 16.1. The highest BCUT2D eigenvalue weighted by Crippen LogP contribution is 2.31. The fourth-order valence-corrected chi connectivity index (χ4v) is 4.92. The van der Waals surface area contributed by atoms with E-state index in [0.29, 0.717) is 24.5 Å². The minimum Gasteiger partial charge on any atom is -0.491 e. The van der Waals surface area contributed by atoms with E-state index in [-0.39, 0.29) is 53.7 Å². The Bertz CT molecular complexity index is 994. The third-order valence-electron chi connectivity index (χ3n) is 6.84. The Hall–Kier alpha value is -2.33. The molecule has 34 heavy (non-hydrogen) atoms. The summed E-state index contributed by atoms with van der Waals surface area (Å²) in [6.07, 6.45) is 2.64. The van der Waals surface area contributed by atoms with Crippen LogP contribution in [0.15, 0.2) is 18.2 Å². The summed E-state index contributed by atoms with van der Waals surface area (Å²) in [7, 11) is -0.208. The molecule has 1 aliphatic heterocycles. The largest absolute Gasteiger partial charge is 0.491 e. The van der Waals surface area contributed by atoms with Gasteiger partial charge in [0.15, 0.2) is 0 Å². The summed E-state index contributed by atoms with van der Waals surface area (Å²) in [5.74, 6) is 0.182. The van der Waals surface area contributed by atoms with Gasteiger partial charge in [0, 0.05) is 44.8 Å². The topological polar surface area (TPSA) is 105 Å². The minimum atomic E-state index is -3.50. The summed E-state index contributed by atoms with van der Waals surface area (Å²) in [5.41, 5.74) is 0.551. The predicted molar refractivity (Wildman–Crippen MR) is 130 cm³/mol. The number of likely N-dealkylation sites (N-methyl/N-ethyl adjacent to an activating group) is 1. The number of amides is 2. The lowest BCUT2D eigenvalue weighted by molar-refractivity contribution is -0.142. The van der Waals surface area contributed by atoms with E-state index in [1.54, 1.807) is 38.1 Å². The van der Waals surface area contributed by atoms with Crippen LogP contribution in [0.5, 0.6) is 5.75 Å².